The lowest BCUT2D eigenvalue weighted by Gasteiger charge is -2.21. The Kier molecular flexibility index (Phi) is 3.04. The van der Waals surface area contributed by atoms with Crippen LogP contribution in [-0.4, -0.2) is 27.1 Å². The van der Waals surface area contributed by atoms with Gasteiger partial charge in [-0.1, -0.05) is 5.16 Å². The van der Waals surface area contributed by atoms with E-state index in [0.29, 0.717) is 25.3 Å². The zero-order valence-electron chi connectivity index (χ0n) is 10.6. The summed E-state index contributed by atoms with van der Waals surface area (Å²) in [5.41, 5.74) is 2.81. The topological polar surface area (TPSA) is 95.8 Å². The number of fused-ring (bicyclic) bond motifs is 1. The first-order valence-corrected chi connectivity index (χ1v) is 6.17. The Labute approximate surface area is 109 Å². The van der Waals surface area contributed by atoms with Crippen LogP contribution in [0.25, 0.3) is 0 Å². The molecule has 1 atom stereocenters. The molecule has 100 valence electrons. The molecule has 0 aromatic carbocycles. The van der Waals surface area contributed by atoms with Crippen molar-refractivity contribution in [2.75, 3.05) is 0 Å². The van der Waals surface area contributed by atoms with Gasteiger partial charge in [-0.3, -0.25) is 10.1 Å². The molecule has 2 aromatic heterocycles. The molecule has 19 heavy (non-hydrogen) atoms. The summed E-state index contributed by atoms with van der Waals surface area (Å²) in [5.74, 6) is 0.602. The van der Waals surface area contributed by atoms with Crippen LogP contribution in [0, 0.1) is 6.92 Å². The molecule has 0 spiro atoms. The minimum absolute atomic E-state index is 0.0531. The summed E-state index contributed by atoms with van der Waals surface area (Å²) >= 11 is 0. The van der Waals surface area contributed by atoms with Crippen molar-refractivity contribution in [1.29, 1.82) is 0 Å². The second kappa shape index (κ2) is 4.85. The number of hydrogen-bond acceptors (Lipinski definition) is 5. The highest BCUT2D eigenvalue weighted by Crippen LogP contribution is 2.12. The SMILES string of the molecule is Cc1cc(CNC(=O)C2Cc3nc[nH]c3CN2)on1. The summed E-state index contributed by atoms with van der Waals surface area (Å²) in [5, 5.41) is 9.78. The highest BCUT2D eigenvalue weighted by Gasteiger charge is 2.25. The van der Waals surface area contributed by atoms with Crippen molar-refractivity contribution in [3.63, 3.8) is 0 Å². The second-order valence-corrected chi connectivity index (χ2v) is 4.62. The third kappa shape index (κ3) is 2.50. The van der Waals surface area contributed by atoms with Gasteiger partial charge in [-0.05, 0) is 6.92 Å². The molecule has 1 aliphatic rings. The zero-order chi connectivity index (χ0) is 13.2. The molecule has 3 N–H and O–H groups in total. The van der Waals surface area contributed by atoms with Gasteiger partial charge in [0.15, 0.2) is 5.76 Å². The summed E-state index contributed by atoms with van der Waals surface area (Å²) in [7, 11) is 0. The Morgan fingerprint density at radius 1 is 1.63 bits per heavy atom. The number of aromatic amines is 1. The fourth-order valence-corrected chi connectivity index (χ4v) is 2.15. The average Bonchev–Trinajstić information content (AvgIpc) is 3.03. The molecule has 0 bridgehead atoms. The van der Waals surface area contributed by atoms with Crippen molar-refractivity contribution < 1.29 is 9.32 Å². The normalized spacial score (nSPS) is 18.1. The minimum atomic E-state index is -0.250. The molecule has 1 aliphatic heterocycles. The lowest BCUT2D eigenvalue weighted by molar-refractivity contribution is -0.123. The monoisotopic (exact) mass is 261 g/mol. The Bertz CT molecular complexity index is 588. The quantitative estimate of drug-likeness (QED) is 0.725. The summed E-state index contributed by atoms with van der Waals surface area (Å²) in [6, 6.07) is 1.56. The zero-order valence-corrected chi connectivity index (χ0v) is 10.6. The molecule has 1 amide bonds. The van der Waals surface area contributed by atoms with E-state index in [9.17, 15) is 4.79 Å². The van der Waals surface area contributed by atoms with Crippen molar-refractivity contribution in [1.82, 2.24) is 25.8 Å². The number of aryl methyl sites for hydroxylation is 1. The van der Waals surface area contributed by atoms with Crippen molar-refractivity contribution in [2.24, 2.45) is 0 Å². The maximum absolute atomic E-state index is 12.0. The van der Waals surface area contributed by atoms with Crippen LogP contribution in [0.15, 0.2) is 16.9 Å². The maximum atomic E-state index is 12.0. The lowest BCUT2D eigenvalue weighted by Crippen LogP contribution is -2.47. The van der Waals surface area contributed by atoms with E-state index in [2.05, 4.69) is 25.8 Å². The van der Waals surface area contributed by atoms with Crippen LogP contribution in [0.3, 0.4) is 0 Å². The number of hydrogen-bond donors (Lipinski definition) is 3. The number of imidazole rings is 1. The molecule has 3 rings (SSSR count). The van der Waals surface area contributed by atoms with Gasteiger partial charge in [0.2, 0.25) is 5.91 Å². The van der Waals surface area contributed by atoms with Gasteiger partial charge in [0, 0.05) is 19.0 Å². The molecule has 0 fully saturated rings. The van der Waals surface area contributed by atoms with Crippen LogP contribution in [0.2, 0.25) is 0 Å². The van der Waals surface area contributed by atoms with Gasteiger partial charge < -0.3 is 14.8 Å². The van der Waals surface area contributed by atoms with Crippen molar-refractivity contribution in [2.45, 2.75) is 32.5 Å². The fraction of sp³-hybridized carbons (Fsp3) is 0.417. The number of nitrogens with zero attached hydrogens (tertiary/aromatic N) is 2. The summed E-state index contributed by atoms with van der Waals surface area (Å²) in [4.78, 5) is 19.3. The van der Waals surface area contributed by atoms with E-state index in [1.54, 1.807) is 12.4 Å². The van der Waals surface area contributed by atoms with Crippen molar-refractivity contribution >= 4 is 5.91 Å². The van der Waals surface area contributed by atoms with Gasteiger partial charge in [0.05, 0.1) is 36.0 Å². The molecule has 7 nitrogen and oxygen atoms in total. The number of H-pyrrole nitrogens is 1. The smallest absolute Gasteiger partial charge is 0.237 e. The fourth-order valence-electron chi connectivity index (χ4n) is 2.15. The lowest BCUT2D eigenvalue weighted by atomic mass is 10.0. The highest BCUT2D eigenvalue weighted by molar-refractivity contribution is 5.82. The molecular formula is C12H15N5O2. The van der Waals surface area contributed by atoms with Crippen LogP contribution in [0.1, 0.15) is 22.8 Å². The molecule has 0 saturated heterocycles. The third-order valence-corrected chi connectivity index (χ3v) is 3.16. The minimum Gasteiger partial charge on any atom is -0.359 e. The largest absolute Gasteiger partial charge is 0.359 e. The Morgan fingerprint density at radius 3 is 3.32 bits per heavy atom. The van der Waals surface area contributed by atoms with Gasteiger partial charge >= 0.3 is 0 Å². The Hall–Kier alpha value is -2.15. The highest BCUT2D eigenvalue weighted by atomic mass is 16.5. The molecule has 3 heterocycles. The number of carbonyl (C=O) groups excluding carboxylic acids is 1. The maximum Gasteiger partial charge on any atom is 0.237 e. The Morgan fingerprint density at radius 2 is 2.53 bits per heavy atom. The van der Waals surface area contributed by atoms with Gasteiger partial charge in [0.25, 0.3) is 0 Å². The van der Waals surface area contributed by atoms with Crippen LogP contribution >= 0.6 is 0 Å². The first-order chi connectivity index (χ1) is 9.22. The number of rotatable bonds is 3. The number of nitrogens with one attached hydrogen (secondary N) is 3. The van der Waals surface area contributed by atoms with E-state index in [1.165, 1.54) is 0 Å². The predicted molar refractivity (Wildman–Crippen MR) is 66.0 cm³/mol. The second-order valence-electron chi connectivity index (χ2n) is 4.62. The Balaban J connectivity index is 1.57. The van der Waals surface area contributed by atoms with Crippen molar-refractivity contribution in [3.8, 4) is 0 Å². The number of amides is 1. The van der Waals surface area contributed by atoms with Gasteiger partial charge in [-0.15, -0.1) is 0 Å². The molecule has 0 aliphatic carbocycles. The number of carbonyl (C=O) groups is 1. The van der Waals surface area contributed by atoms with Crippen LogP contribution in [-0.2, 0) is 24.3 Å². The van der Waals surface area contributed by atoms with Gasteiger partial charge in [-0.2, -0.15) is 0 Å². The predicted octanol–water partition coefficient (Wildman–Crippen LogP) is 0.0368. The van der Waals surface area contributed by atoms with Crippen molar-refractivity contribution in [3.05, 3.63) is 35.2 Å². The van der Waals surface area contributed by atoms with E-state index in [1.807, 2.05) is 6.92 Å². The van der Waals surface area contributed by atoms with Crippen LogP contribution < -0.4 is 10.6 Å². The summed E-state index contributed by atoms with van der Waals surface area (Å²) in [6.45, 7) is 2.83. The first-order valence-electron chi connectivity index (χ1n) is 6.17. The average molecular weight is 261 g/mol. The van der Waals surface area contributed by atoms with Crippen LogP contribution in [0.4, 0.5) is 0 Å². The number of aromatic nitrogens is 3. The molecule has 0 saturated carbocycles. The molecular weight excluding hydrogens is 246 g/mol. The van der Waals surface area contributed by atoms with E-state index < -0.39 is 0 Å². The molecule has 0 radical (unpaired) electrons. The summed E-state index contributed by atoms with van der Waals surface area (Å²) < 4.78 is 5.04. The molecule has 7 heteroatoms. The standard InChI is InChI=1S/C12H15N5O2/c1-7-2-8(19-17-7)4-14-12(18)10-3-9-11(5-13-10)16-6-15-9/h2,6,10,13H,3-5H2,1H3,(H,14,18)(H,15,16). The van der Waals surface area contributed by atoms with Gasteiger partial charge in [0.1, 0.15) is 0 Å². The van der Waals surface area contributed by atoms with E-state index in [-0.39, 0.29) is 11.9 Å². The molecule has 1 unspecified atom stereocenters. The summed E-state index contributed by atoms with van der Waals surface area (Å²) in [6.07, 6.45) is 2.25. The van der Waals surface area contributed by atoms with E-state index in [0.717, 1.165) is 17.1 Å². The third-order valence-electron chi connectivity index (χ3n) is 3.16. The van der Waals surface area contributed by atoms with Crippen LogP contribution in [0.5, 0.6) is 0 Å². The first kappa shape index (κ1) is 11.9. The molecule has 2 aromatic rings. The van der Waals surface area contributed by atoms with E-state index in [4.69, 9.17) is 4.52 Å². The van der Waals surface area contributed by atoms with Gasteiger partial charge in [-0.25, -0.2) is 4.98 Å². The van der Waals surface area contributed by atoms with E-state index >= 15 is 0 Å².